The van der Waals surface area contributed by atoms with Gasteiger partial charge in [-0.2, -0.15) is 0 Å². The van der Waals surface area contributed by atoms with Gasteiger partial charge in [-0.1, -0.05) is 12.1 Å². The number of morpholine rings is 1. The molecule has 1 aromatic heterocycles. The zero-order valence-electron chi connectivity index (χ0n) is 21.2. The topological polar surface area (TPSA) is 67.1 Å². The van der Waals surface area contributed by atoms with Gasteiger partial charge in [0.05, 0.1) is 20.3 Å². The standard InChI is InChI=1S/C28H41N5O2/c1-34-26-8-4-23(5-9-26)24-20-27(30-28(21-24)33-16-18-35-19-17-33)32-14-12-31(13-15-32)11-10-22-2-6-25(29)7-3-22/h4-5,8-9,20-22,25H,2-3,6-7,10-19,29H2,1H3. The Kier molecular flexibility index (Phi) is 8.06. The fraction of sp³-hybridized carbons (Fsp3) is 0.607. The largest absolute Gasteiger partial charge is 0.497 e. The molecule has 0 bridgehead atoms. The second-order valence-corrected chi connectivity index (χ2v) is 10.3. The molecule has 2 saturated heterocycles. The van der Waals surface area contributed by atoms with Crippen LogP contribution in [0.15, 0.2) is 36.4 Å². The van der Waals surface area contributed by atoms with Gasteiger partial charge in [0.15, 0.2) is 0 Å². The fourth-order valence-corrected chi connectivity index (χ4v) is 5.61. The van der Waals surface area contributed by atoms with E-state index in [1.54, 1.807) is 7.11 Å². The Morgan fingerprint density at radius 1 is 0.857 bits per heavy atom. The molecule has 0 radical (unpaired) electrons. The average Bonchev–Trinajstić information content (AvgIpc) is 2.93. The van der Waals surface area contributed by atoms with Gasteiger partial charge in [0, 0.05) is 45.3 Å². The highest BCUT2D eigenvalue weighted by Crippen LogP contribution is 2.31. The minimum Gasteiger partial charge on any atom is -0.497 e. The van der Waals surface area contributed by atoms with Gasteiger partial charge in [-0.25, -0.2) is 4.98 Å². The highest BCUT2D eigenvalue weighted by atomic mass is 16.5. The van der Waals surface area contributed by atoms with E-state index in [-0.39, 0.29) is 0 Å². The molecule has 2 N–H and O–H groups in total. The molecule has 0 unspecified atom stereocenters. The second kappa shape index (κ2) is 11.6. The average molecular weight is 480 g/mol. The summed E-state index contributed by atoms with van der Waals surface area (Å²) in [4.78, 5) is 12.6. The van der Waals surface area contributed by atoms with E-state index >= 15 is 0 Å². The molecule has 0 amide bonds. The molecule has 1 aromatic carbocycles. The molecule has 3 heterocycles. The number of nitrogens with zero attached hydrogens (tertiary/aromatic N) is 4. The van der Waals surface area contributed by atoms with Crippen LogP contribution in [-0.2, 0) is 4.74 Å². The summed E-state index contributed by atoms with van der Waals surface area (Å²) in [6, 6.07) is 13.3. The van der Waals surface area contributed by atoms with Crippen molar-refractivity contribution in [1.82, 2.24) is 9.88 Å². The third-order valence-corrected chi connectivity index (χ3v) is 8.00. The zero-order chi connectivity index (χ0) is 24.0. The number of hydrogen-bond donors (Lipinski definition) is 1. The van der Waals surface area contributed by atoms with Crippen molar-refractivity contribution < 1.29 is 9.47 Å². The van der Waals surface area contributed by atoms with Crippen molar-refractivity contribution >= 4 is 11.6 Å². The maximum atomic E-state index is 6.09. The van der Waals surface area contributed by atoms with Gasteiger partial charge in [-0.15, -0.1) is 0 Å². The van der Waals surface area contributed by atoms with Crippen LogP contribution in [0.5, 0.6) is 5.75 Å². The van der Waals surface area contributed by atoms with Crippen LogP contribution in [0.3, 0.4) is 0 Å². The van der Waals surface area contributed by atoms with Gasteiger partial charge in [0.25, 0.3) is 0 Å². The SMILES string of the molecule is COc1ccc(-c2cc(N3CCOCC3)nc(N3CCN(CCC4CCC(N)CC4)CC3)c2)cc1. The Bertz CT molecular complexity index is 931. The number of piperazine rings is 1. The first-order chi connectivity index (χ1) is 17.2. The van der Waals surface area contributed by atoms with Crippen molar-refractivity contribution in [3.05, 3.63) is 36.4 Å². The smallest absolute Gasteiger partial charge is 0.131 e. The quantitative estimate of drug-likeness (QED) is 0.651. The van der Waals surface area contributed by atoms with Crippen LogP contribution in [-0.4, -0.2) is 82.1 Å². The Hall–Kier alpha value is -2.35. The molecule has 0 spiro atoms. The van der Waals surface area contributed by atoms with Crippen LogP contribution in [0.2, 0.25) is 0 Å². The van der Waals surface area contributed by atoms with E-state index < -0.39 is 0 Å². The summed E-state index contributed by atoms with van der Waals surface area (Å²) in [5.41, 5.74) is 8.48. The molecular formula is C28H41N5O2. The normalized spacial score (nSPS) is 23.9. The van der Waals surface area contributed by atoms with E-state index in [4.69, 9.17) is 20.2 Å². The van der Waals surface area contributed by atoms with Crippen LogP contribution in [0.25, 0.3) is 11.1 Å². The molecule has 35 heavy (non-hydrogen) atoms. The number of nitrogens with two attached hydrogens (primary N) is 1. The number of aromatic nitrogens is 1. The first-order valence-corrected chi connectivity index (χ1v) is 13.4. The van der Waals surface area contributed by atoms with Crippen molar-refractivity contribution in [3.8, 4) is 16.9 Å². The summed E-state index contributed by atoms with van der Waals surface area (Å²) in [5, 5.41) is 0. The summed E-state index contributed by atoms with van der Waals surface area (Å²) in [5.74, 6) is 3.88. The van der Waals surface area contributed by atoms with Crippen LogP contribution >= 0.6 is 0 Å². The summed E-state index contributed by atoms with van der Waals surface area (Å²) < 4.78 is 10.9. The number of pyridine rings is 1. The van der Waals surface area contributed by atoms with E-state index in [1.165, 1.54) is 49.8 Å². The summed E-state index contributed by atoms with van der Waals surface area (Å²) in [7, 11) is 1.71. The Balaban J connectivity index is 1.26. The first-order valence-electron chi connectivity index (χ1n) is 13.4. The molecule has 5 rings (SSSR count). The van der Waals surface area contributed by atoms with E-state index in [1.807, 2.05) is 12.1 Å². The highest BCUT2D eigenvalue weighted by molar-refractivity contribution is 5.71. The van der Waals surface area contributed by atoms with Crippen LogP contribution < -0.4 is 20.3 Å². The lowest BCUT2D eigenvalue weighted by Crippen LogP contribution is -2.47. The molecule has 1 aliphatic carbocycles. The number of anilines is 2. The van der Waals surface area contributed by atoms with Gasteiger partial charge in [0.2, 0.25) is 0 Å². The van der Waals surface area contributed by atoms with Gasteiger partial charge in [0.1, 0.15) is 17.4 Å². The number of methoxy groups -OCH3 is 1. The molecule has 7 nitrogen and oxygen atoms in total. The lowest BCUT2D eigenvalue weighted by Gasteiger charge is -2.37. The lowest BCUT2D eigenvalue weighted by atomic mass is 9.84. The monoisotopic (exact) mass is 479 g/mol. The van der Waals surface area contributed by atoms with Gasteiger partial charge in [-0.05, 0) is 80.0 Å². The van der Waals surface area contributed by atoms with Crippen LogP contribution in [0, 0.1) is 5.92 Å². The lowest BCUT2D eigenvalue weighted by molar-refractivity contribution is 0.122. The molecule has 190 valence electrons. The number of benzene rings is 1. The van der Waals surface area contributed by atoms with E-state index in [0.717, 1.165) is 75.8 Å². The molecule has 1 saturated carbocycles. The van der Waals surface area contributed by atoms with Crippen molar-refractivity contribution in [3.63, 3.8) is 0 Å². The van der Waals surface area contributed by atoms with Gasteiger partial charge < -0.3 is 25.0 Å². The van der Waals surface area contributed by atoms with Gasteiger partial charge in [-0.3, -0.25) is 4.90 Å². The van der Waals surface area contributed by atoms with E-state index in [2.05, 4.69) is 39.0 Å². The maximum Gasteiger partial charge on any atom is 0.131 e. The summed E-state index contributed by atoms with van der Waals surface area (Å²) >= 11 is 0. The van der Waals surface area contributed by atoms with Gasteiger partial charge >= 0.3 is 0 Å². The molecule has 7 heteroatoms. The predicted octanol–water partition coefficient (Wildman–Crippen LogP) is 3.62. The van der Waals surface area contributed by atoms with Crippen molar-refractivity contribution in [2.75, 3.05) is 75.9 Å². The van der Waals surface area contributed by atoms with E-state index in [9.17, 15) is 0 Å². The van der Waals surface area contributed by atoms with Crippen molar-refractivity contribution in [2.24, 2.45) is 11.7 Å². The highest BCUT2D eigenvalue weighted by Gasteiger charge is 2.23. The maximum absolute atomic E-state index is 6.09. The summed E-state index contributed by atoms with van der Waals surface area (Å²) in [6.45, 7) is 8.77. The predicted molar refractivity (Wildman–Crippen MR) is 142 cm³/mol. The minimum atomic E-state index is 0.443. The molecule has 2 aromatic rings. The number of hydrogen-bond acceptors (Lipinski definition) is 7. The minimum absolute atomic E-state index is 0.443. The van der Waals surface area contributed by atoms with Crippen molar-refractivity contribution in [1.29, 1.82) is 0 Å². The van der Waals surface area contributed by atoms with E-state index in [0.29, 0.717) is 6.04 Å². The van der Waals surface area contributed by atoms with Crippen molar-refractivity contribution in [2.45, 2.75) is 38.1 Å². The third-order valence-electron chi connectivity index (χ3n) is 8.00. The molecular weight excluding hydrogens is 438 g/mol. The summed E-state index contributed by atoms with van der Waals surface area (Å²) in [6.07, 6.45) is 6.36. The molecule has 3 aliphatic rings. The number of ether oxygens (including phenoxy) is 2. The zero-order valence-corrected chi connectivity index (χ0v) is 21.2. The Labute approximate surface area is 210 Å². The fourth-order valence-electron chi connectivity index (χ4n) is 5.61. The Morgan fingerprint density at radius 3 is 2.11 bits per heavy atom. The first kappa shape index (κ1) is 24.3. The molecule has 2 aliphatic heterocycles. The Morgan fingerprint density at radius 2 is 1.49 bits per heavy atom. The van der Waals surface area contributed by atoms with Crippen LogP contribution in [0.4, 0.5) is 11.6 Å². The second-order valence-electron chi connectivity index (χ2n) is 10.3. The number of rotatable bonds is 7. The van der Waals surface area contributed by atoms with Crippen LogP contribution in [0.1, 0.15) is 32.1 Å². The molecule has 3 fully saturated rings. The third kappa shape index (κ3) is 6.26. The molecule has 0 atom stereocenters.